The quantitative estimate of drug-likeness (QED) is 0.649. The van der Waals surface area contributed by atoms with Crippen LogP contribution in [0.15, 0.2) is 58.3 Å². The summed E-state index contributed by atoms with van der Waals surface area (Å²) in [6.45, 7) is 4.82. The van der Waals surface area contributed by atoms with Gasteiger partial charge >= 0.3 is 29.6 Å². The molecule has 0 spiro atoms. The first-order chi connectivity index (χ1) is 8.83. The molecular weight excluding hydrogens is 265 g/mol. The second kappa shape index (κ2) is 6.33. The molecule has 2 aromatic rings. The number of hydrogen-bond donors (Lipinski definition) is 2. The average Bonchev–Trinajstić information content (AvgIpc) is 2.43. The molecule has 0 bridgehead atoms. The molecule has 19 heavy (non-hydrogen) atoms. The van der Waals surface area contributed by atoms with Crippen LogP contribution >= 0.6 is 11.2 Å². The van der Waals surface area contributed by atoms with E-state index in [1.165, 1.54) is 0 Å². The van der Waals surface area contributed by atoms with Gasteiger partial charge in [0.05, 0.1) is 11.4 Å². The van der Waals surface area contributed by atoms with Crippen LogP contribution in [0.3, 0.4) is 0 Å². The van der Waals surface area contributed by atoms with Crippen molar-refractivity contribution < 1.29 is 4.55 Å². The van der Waals surface area contributed by atoms with E-state index in [0.717, 1.165) is 34.1 Å². The van der Waals surface area contributed by atoms with Crippen LogP contribution in [0.5, 0.6) is 0 Å². The SMILES string of the molecule is [CH2]CCN1c2ccccc2[SH](O)c2ccccc21.[NaH]. The van der Waals surface area contributed by atoms with Gasteiger partial charge in [0.25, 0.3) is 0 Å². The van der Waals surface area contributed by atoms with Gasteiger partial charge in [-0.25, -0.2) is 0 Å². The second-order valence-electron chi connectivity index (χ2n) is 4.29. The number of rotatable bonds is 2. The molecule has 0 fully saturated rings. The Morgan fingerprint density at radius 1 is 0.947 bits per heavy atom. The Morgan fingerprint density at radius 2 is 1.42 bits per heavy atom. The molecule has 1 heterocycles. The van der Waals surface area contributed by atoms with Gasteiger partial charge in [-0.05, 0) is 30.7 Å². The summed E-state index contributed by atoms with van der Waals surface area (Å²) in [5.74, 6) is 0. The minimum atomic E-state index is -1.22. The van der Waals surface area contributed by atoms with E-state index in [0.29, 0.717) is 0 Å². The molecule has 0 aliphatic carbocycles. The van der Waals surface area contributed by atoms with Crippen LogP contribution in [0.4, 0.5) is 11.4 Å². The van der Waals surface area contributed by atoms with Crippen molar-refractivity contribution in [3.8, 4) is 0 Å². The number of hydrogen-bond acceptors (Lipinski definition) is 2. The maximum absolute atomic E-state index is 10.5. The van der Waals surface area contributed by atoms with Crippen molar-refractivity contribution in [3.05, 3.63) is 55.5 Å². The summed E-state index contributed by atoms with van der Waals surface area (Å²) in [6.07, 6.45) is 0.839. The van der Waals surface area contributed by atoms with Crippen LogP contribution in [0.2, 0.25) is 0 Å². The zero-order valence-corrected chi connectivity index (χ0v) is 11.0. The van der Waals surface area contributed by atoms with Gasteiger partial charge in [0, 0.05) is 16.3 Å². The fourth-order valence-electron chi connectivity index (χ4n) is 2.40. The van der Waals surface area contributed by atoms with Gasteiger partial charge < -0.3 is 9.45 Å². The van der Waals surface area contributed by atoms with Crippen molar-refractivity contribution in [1.29, 1.82) is 0 Å². The zero-order chi connectivity index (χ0) is 12.5. The number of para-hydroxylation sites is 2. The number of anilines is 2. The molecule has 2 nitrogen and oxygen atoms in total. The van der Waals surface area contributed by atoms with Crippen LogP contribution in [-0.2, 0) is 0 Å². The first kappa shape index (κ1) is 14.9. The van der Waals surface area contributed by atoms with Crippen molar-refractivity contribution in [2.75, 3.05) is 11.4 Å². The van der Waals surface area contributed by atoms with Crippen molar-refractivity contribution in [1.82, 2.24) is 0 Å². The molecule has 2 aromatic carbocycles. The van der Waals surface area contributed by atoms with Crippen molar-refractivity contribution in [3.63, 3.8) is 0 Å². The first-order valence-electron chi connectivity index (χ1n) is 6.07. The molecule has 0 amide bonds. The Morgan fingerprint density at radius 3 is 1.89 bits per heavy atom. The molecule has 0 unspecified atom stereocenters. The Balaban J connectivity index is 0.00000133. The third kappa shape index (κ3) is 2.58. The molecule has 0 aromatic heterocycles. The Hall–Kier alpha value is -0.450. The van der Waals surface area contributed by atoms with E-state index in [4.69, 9.17) is 0 Å². The van der Waals surface area contributed by atoms with Gasteiger partial charge in [0.1, 0.15) is 0 Å². The standard InChI is InChI=1S/C15H16NOS.Na.H/c1-2-11-16-12-7-3-5-9-14(12)18(17)15-10-6-4-8-13(15)16;;/h3-10,17-18H,1-2,11H2;;. The summed E-state index contributed by atoms with van der Waals surface area (Å²) in [6, 6.07) is 16.2. The van der Waals surface area contributed by atoms with E-state index >= 15 is 0 Å². The van der Waals surface area contributed by atoms with Gasteiger partial charge in [-0.15, -0.1) is 0 Å². The van der Waals surface area contributed by atoms with Gasteiger partial charge in [-0.2, -0.15) is 0 Å². The van der Waals surface area contributed by atoms with Gasteiger partial charge in [0.2, 0.25) is 0 Å². The number of fused-ring (bicyclic) bond motifs is 2. The summed E-state index contributed by atoms with van der Waals surface area (Å²) < 4.78 is 10.5. The normalized spacial score (nSPS) is 14.4. The third-order valence-electron chi connectivity index (χ3n) is 3.18. The maximum atomic E-state index is 10.5. The molecule has 1 N–H and O–H groups in total. The molecule has 1 radical (unpaired) electrons. The van der Waals surface area contributed by atoms with E-state index in [1.54, 1.807) is 0 Å². The summed E-state index contributed by atoms with van der Waals surface area (Å²) in [5.41, 5.74) is 2.24. The van der Waals surface area contributed by atoms with Gasteiger partial charge in [0.15, 0.2) is 0 Å². The van der Waals surface area contributed by atoms with Crippen LogP contribution < -0.4 is 4.90 Å². The number of benzene rings is 2. The van der Waals surface area contributed by atoms with E-state index in [2.05, 4.69) is 24.0 Å². The molecule has 1 aliphatic heterocycles. The molecule has 0 saturated heterocycles. The Bertz CT molecular complexity index is 528. The summed E-state index contributed by atoms with van der Waals surface area (Å²) in [5, 5.41) is 0. The first-order valence-corrected chi connectivity index (χ1v) is 7.36. The van der Waals surface area contributed by atoms with Crippen LogP contribution in [0.25, 0.3) is 0 Å². The van der Waals surface area contributed by atoms with Crippen molar-refractivity contribution in [2.45, 2.75) is 16.2 Å². The summed E-state index contributed by atoms with van der Waals surface area (Å²) >= 11 is -1.22. The number of thiol groups is 1. The minimum absolute atomic E-state index is 0. The zero-order valence-electron chi connectivity index (χ0n) is 10.1. The van der Waals surface area contributed by atoms with Crippen LogP contribution in [0.1, 0.15) is 6.42 Å². The van der Waals surface area contributed by atoms with E-state index in [-0.39, 0.29) is 29.6 Å². The van der Waals surface area contributed by atoms with Gasteiger partial charge in [-0.3, -0.25) is 0 Å². The second-order valence-corrected chi connectivity index (χ2v) is 5.88. The predicted octanol–water partition coefficient (Wildman–Crippen LogP) is 3.61. The summed E-state index contributed by atoms with van der Waals surface area (Å²) in [4.78, 5) is 4.34. The van der Waals surface area contributed by atoms with E-state index in [1.807, 2.05) is 36.4 Å². The molecule has 95 valence electrons. The molecular formula is C15H17NNaOS. The molecule has 0 atom stereocenters. The third-order valence-corrected chi connectivity index (χ3v) is 4.85. The van der Waals surface area contributed by atoms with Crippen molar-refractivity contribution in [2.24, 2.45) is 0 Å². The van der Waals surface area contributed by atoms with Crippen molar-refractivity contribution >= 4 is 52.1 Å². The average molecular weight is 282 g/mol. The van der Waals surface area contributed by atoms with E-state index < -0.39 is 11.2 Å². The number of nitrogens with zero attached hydrogens (tertiary/aromatic N) is 1. The van der Waals surface area contributed by atoms with Crippen LogP contribution in [0, 0.1) is 6.92 Å². The van der Waals surface area contributed by atoms with Crippen LogP contribution in [-0.4, -0.2) is 40.7 Å². The Kier molecular flexibility index (Phi) is 4.98. The fourth-order valence-corrected chi connectivity index (χ4v) is 3.94. The molecule has 3 rings (SSSR count). The van der Waals surface area contributed by atoms with Gasteiger partial charge in [-0.1, -0.05) is 42.4 Å². The Labute approximate surface area is 139 Å². The molecule has 4 heteroatoms. The fraction of sp³-hybridized carbons (Fsp3) is 0.133. The monoisotopic (exact) mass is 282 g/mol. The summed E-state index contributed by atoms with van der Waals surface area (Å²) in [7, 11) is 0. The topological polar surface area (TPSA) is 23.5 Å². The predicted molar refractivity (Wildman–Crippen MR) is 85.2 cm³/mol. The van der Waals surface area contributed by atoms with E-state index in [9.17, 15) is 4.55 Å². The molecule has 0 saturated carbocycles. The molecule has 1 aliphatic rings.